The number of hydrogen-bond donors (Lipinski definition) is 1. The van der Waals surface area contributed by atoms with Crippen LogP contribution >= 0.6 is 15.9 Å². The van der Waals surface area contributed by atoms with Crippen LogP contribution < -0.4 is 5.32 Å². The fraction of sp³-hybridized carbons (Fsp3) is 0.200. The van der Waals surface area contributed by atoms with Gasteiger partial charge in [0.2, 0.25) is 0 Å². The van der Waals surface area contributed by atoms with E-state index in [2.05, 4.69) is 21.2 Å². The molecule has 0 saturated heterocycles. The number of nitrogens with one attached hydrogen (secondary N) is 1. The predicted molar refractivity (Wildman–Crippen MR) is 78.6 cm³/mol. The third-order valence-electron chi connectivity index (χ3n) is 2.72. The summed E-state index contributed by atoms with van der Waals surface area (Å²) in [6.07, 6.45) is 0. The third kappa shape index (κ3) is 4.04. The lowest BCUT2D eigenvalue weighted by atomic mass is 10.2. The van der Waals surface area contributed by atoms with Crippen LogP contribution in [-0.2, 0) is 17.9 Å². The highest BCUT2D eigenvalue weighted by Crippen LogP contribution is 2.18. The highest BCUT2D eigenvalue weighted by Gasteiger charge is 2.01. The van der Waals surface area contributed by atoms with Crippen molar-refractivity contribution >= 4 is 21.6 Å². The zero-order chi connectivity index (χ0) is 13.7. The first-order chi connectivity index (χ1) is 9.19. The summed E-state index contributed by atoms with van der Waals surface area (Å²) in [4.78, 5) is 0. The van der Waals surface area contributed by atoms with E-state index in [-0.39, 0.29) is 5.82 Å². The van der Waals surface area contributed by atoms with Crippen LogP contribution in [0.25, 0.3) is 0 Å². The maximum absolute atomic E-state index is 13.4. The van der Waals surface area contributed by atoms with Gasteiger partial charge < -0.3 is 10.1 Å². The summed E-state index contributed by atoms with van der Waals surface area (Å²) in [6, 6.07) is 13.1. The lowest BCUT2D eigenvalue weighted by Gasteiger charge is -2.09. The Morgan fingerprint density at radius 2 is 2.00 bits per heavy atom. The second-order valence-corrected chi connectivity index (χ2v) is 5.09. The van der Waals surface area contributed by atoms with E-state index in [0.717, 1.165) is 16.8 Å². The Morgan fingerprint density at radius 3 is 2.74 bits per heavy atom. The Labute approximate surface area is 120 Å². The molecule has 0 heterocycles. The number of benzene rings is 2. The number of hydrogen-bond acceptors (Lipinski definition) is 2. The summed E-state index contributed by atoms with van der Waals surface area (Å²) in [5.41, 5.74) is 3.00. The molecule has 2 aromatic rings. The van der Waals surface area contributed by atoms with Gasteiger partial charge in [-0.25, -0.2) is 4.39 Å². The first-order valence-corrected chi connectivity index (χ1v) is 6.74. The van der Waals surface area contributed by atoms with Gasteiger partial charge in [0.25, 0.3) is 0 Å². The normalized spacial score (nSPS) is 10.5. The minimum atomic E-state index is -0.243. The lowest BCUT2D eigenvalue weighted by molar-refractivity contribution is 0.185. The van der Waals surface area contributed by atoms with E-state index in [1.165, 1.54) is 6.07 Å². The molecule has 0 aliphatic heterocycles. The molecule has 100 valence electrons. The van der Waals surface area contributed by atoms with Crippen molar-refractivity contribution in [3.05, 3.63) is 63.9 Å². The summed E-state index contributed by atoms with van der Waals surface area (Å²) in [5, 5.41) is 3.27. The van der Waals surface area contributed by atoms with Crippen molar-refractivity contribution in [2.24, 2.45) is 0 Å². The van der Waals surface area contributed by atoms with Crippen molar-refractivity contribution < 1.29 is 9.13 Å². The summed E-state index contributed by atoms with van der Waals surface area (Å²) >= 11 is 3.14. The molecule has 2 nitrogen and oxygen atoms in total. The average Bonchev–Trinajstić information content (AvgIpc) is 2.41. The maximum atomic E-state index is 13.4. The number of anilines is 1. The van der Waals surface area contributed by atoms with Crippen molar-refractivity contribution in [3.63, 3.8) is 0 Å². The van der Waals surface area contributed by atoms with E-state index < -0.39 is 0 Å². The minimum Gasteiger partial charge on any atom is -0.381 e. The molecule has 0 spiro atoms. The molecule has 0 aliphatic rings. The molecular weight excluding hydrogens is 309 g/mol. The number of ether oxygens (including phenoxy) is 1. The van der Waals surface area contributed by atoms with Gasteiger partial charge in [-0.2, -0.15) is 0 Å². The highest BCUT2D eigenvalue weighted by atomic mass is 79.9. The molecule has 0 aromatic heterocycles. The van der Waals surface area contributed by atoms with Gasteiger partial charge in [-0.05, 0) is 51.3 Å². The number of rotatable bonds is 5. The standard InChI is InChI=1S/C15H15BrFNO/c1-19-10-12-3-2-4-13(7-12)18-9-11-5-6-14(16)15(17)8-11/h2-8,18H,9-10H2,1H3. The molecule has 0 bridgehead atoms. The summed E-state index contributed by atoms with van der Waals surface area (Å²) in [5.74, 6) is -0.243. The zero-order valence-electron chi connectivity index (χ0n) is 10.6. The molecule has 4 heteroatoms. The minimum absolute atomic E-state index is 0.243. The molecular formula is C15H15BrFNO. The van der Waals surface area contributed by atoms with Gasteiger partial charge in [-0.1, -0.05) is 18.2 Å². The third-order valence-corrected chi connectivity index (χ3v) is 3.36. The van der Waals surface area contributed by atoms with Gasteiger partial charge in [-0.3, -0.25) is 0 Å². The summed E-state index contributed by atoms with van der Waals surface area (Å²) < 4.78 is 19.0. The van der Waals surface area contributed by atoms with Crippen LogP contribution in [0, 0.1) is 5.82 Å². The summed E-state index contributed by atoms with van der Waals surface area (Å²) in [6.45, 7) is 1.17. The Hall–Kier alpha value is -1.39. The van der Waals surface area contributed by atoms with Crippen LogP contribution in [0.3, 0.4) is 0 Å². The predicted octanol–water partition coefficient (Wildman–Crippen LogP) is 4.35. The van der Waals surface area contributed by atoms with Gasteiger partial charge in [0.1, 0.15) is 5.82 Å². The largest absolute Gasteiger partial charge is 0.381 e. The zero-order valence-corrected chi connectivity index (χ0v) is 12.2. The fourth-order valence-electron chi connectivity index (χ4n) is 1.79. The molecule has 1 N–H and O–H groups in total. The fourth-order valence-corrected chi connectivity index (χ4v) is 2.04. The lowest BCUT2D eigenvalue weighted by Crippen LogP contribution is -2.00. The molecule has 0 unspecified atom stereocenters. The van der Waals surface area contributed by atoms with Crippen molar-refractivity contribution in [2.45, 2.75) is 13.2 Å². The monoisotopic (exact) mass is 323 g/mol. The van der Waals surface area contributed by atoms with E-state index >= 15 is 0 Å². The highest BCUT2D eigenvalue weighted by molar-refractivity contribution is 9.10. The van der Waals surface area contributed by atoms with Crippen molar-refractivity contribution in [2.75, 3.05) is 12.4 Å². The van der Waals surface area contributed by atoms with E-state index in [4.69, 9.17) is 4.74 Å². The van der Waals surface area contributed by atoms with Gasteiger partial charge in [0, 0.05) is 19.3 Å². The Morgan fingerprint density at radius 1 is 1.16 bits per heavy atom. The SMILES string of the molecule is COCc1cccc(NCc2ccc(Br)c(F)c2)c1. The van der Waals surface area contributed by atoms with Gasteiger partial charge in [0.05, 0.1) is 11.1 Å². The molecule has 0 radical (unpaired) electrons. The second-order valence-electron chi connectivity index (χ2n) is 4.24. The smallest absolute Gasteiger partial charge is 0.137 e. The molecule has 0 atom stereocenters. The van der Waals surface area contributed by atoms with Crippen LogP contribution in [0.4, 0.5) is 10.1 Å². The van der Waals surface area contributed by atoms with Crippen LogP contribution in [0.1, 0.15) is 11.1 Å². The average molecular weight is 324 g/mol. The molecule has 0 saturated carbocycles. The van der Waals surface area contributed by atoms with Gasteiger partial charge in [-0.15, -0.1) is 0 Å². The van der Waals surface area contributed by atoms with Gasteiger partial charge >= 0.3 is 0 Å². The Bertz CT molecular complexity index is 560. The van der Waals surface area contributed by atoms with Crippen LogP contribution in [0.15, 0.2) is 46.9 Å². The molecule has 2 aromatic carbocycles. The second kappa shape index (κ2) is 6.68. The van der Waals surface area contributed by atoms with Crippen molar-refractivity contribution in [1.82, 2.24) is 0 Å². The van der Waals surface area contributed by atoms with E-state index in [1.807, 2.05) is 30.3 Å². The van der Waals surface area contributed by atoms with E-state index in [0.29, 0.717) is 17.6 Å². The van der Waals surface area contributed by atoms with Crippen LogP contribution in [0.2, 0.25) is 0 Å². The first kappa shape index (κ1) is 14.0. The van der Waals surface area contributed by atoms with Crippen molar-refractivity contribution in [1.29, 1.82) is 0 Å². The summed E-state index contributed by atoms with van der Waals surface area (Å²) in [7, 11) is 1.67. The molecule has 2 rings (SSSR count). The van der Waals surface area contributed by atoms with Gasteiger partial charge in [0.15, 0.2) is 0 Å². The Balaban J connectivity index is 2.01. The molecule has 0 fully saturated rings. The first-order valence-electron chi connectivity index (χ1n) is 5.94. The van der Waals surface area contributed by atoms with Crippen LogP contribution in [0.5, 0.6) is 0 Å². The number of halogens is 2. The van der Waals surface area contributed by atoms with E-state index in [9.17, 15) is 4.39 Å². The molecule has 19 heavy (non-hydrogen) atoms. The van der Waals surface area contributed by atoms with E-state index in [1.54, 1.807) is 13.2 Å². The molecule has 0 amide bonds. The van der Waals surface area contributed by atoms with Crippen molar-refractivity contribution in [3.8, 4) is 0 Å². The Kier molecular flexibility index (Phi) is 4.93. The van der Waals surface area contributed by atoms with Crippen LogP contribution in [-0.4, -0.2) is 7.11 Å². The quantitative estimate of drug-likeness (QED) is 0.883. The topological polar surface area (TPSA) is 21.3 Å². The number of methoxy groups -OCH3 is 1. The maximum Gasteiger partial charge on any atom is 0.137 e. The molecule has 0 aliphatic carbocycles.